The first kappa shape index (κ1) is 17.1. The Morgan fingerprint density at radius 3 is 2.96 bits per heavy atom. The quantitative estimate of drug-likeness (QED) is 0.720. The molecule has 0 bridgehead atoms. The minimum atomic E-state index is -0.963. The van der Waals surface area contributed by atoms with E-state index in [0.29, 0.717) is 24.7 Å². The van der Waals surface area contributed by atoms with Crippen LogP contribution in [-0.4, -0.2) is 63.0 Å². The number of ether oxygens (including phenoxy) is 2. The number of fused-ring (bicyclic) bond motifs is 1. The number of hydrogen-bond donors (Lipinski definition) is 2. The molecule has 0 saturated carbocycles. The summed E-state index contributed by atoms with van der Waals surface area (Å²) in [5.41, 5.74) is 1.90. The van der Waals surface area contributed by atoms with Gasteiger partial charge in [-0.05, 0) is 18.2 Å². The average Bonchev–Trinajstić information content (AvgIpc) is 3.03. The molecule has 2 aromatic heterocycles. The number of carboxylic acid groups (broad SMARTS) is 1. The summed E-state index contributed by atoms with van der Waals surface area (Å²) in [7, 11) is 0. The first-order valence-electron chi connectivity index (χ1n) is 8.50. The minimum absolute atomic E-state index is 0.198. The van der Waals surface area contributed by atoms with Crippen molar-refractivity contribution >= 4 is 17.1 Å². The molecule has 140 valence electrons. The Balaban J connectivity index is 1.46. The molecule has 0 radical (unpaired) electrons. The van der Waals surface area contributed by atoms with E-state index in [1.165, 1.54) is 4.90 Å². The highest BCUT2D eigenvalue weighted by atomic mass is 16.5. The first-order chi connectivity index (χ1) is 13.1. The van der Waals surface area contributed by atoms with Gasteiger partial charge >= 0.3 is 11.8 Å². The predicted octanol–water partition coefficient (Wildman–Crippen LogP) is 1.47. The van der Waals surface area contributed by atoms with E-state index in [1.807, 2.05) is 24.3 Å². The average molecular weight is 370 g/mol. The highest BCUT2D eigenvalue weighted by Gasteiger charge is 2.24. The normalized spacial score (nSPS) is 17.2. The molecular formula is C18H18N4O5. The van der Waals surface area contributed by atoms with Gasteiger partial charge in [-0.3, -0.25) is 4.57 Å². The van der Waals surface area contributed by atoms with E-state index in [0.717, 1.165) is 11.0 Å². The molecule has 1 saturated heterocycles. The third-order valence-corrected chi connectivity index (χ3v) is 4.39. The molecule has 3 heterocycles. The second-order valence-corrected chi connectivity index (χ2v) is 6.17. The number of imidazole rings is 1. The van der Waals surface area contributed by atoms with E-state index in [1.54, 1.807) is 22.9 Å². The van der Waals surface area contributed by atoms with Crippen molar-refractivity contribution in [2.24, 2.45) is 0 Å². The van der Waals surface area contributed by atoms with E-state index < -0.39 is 6.09 Å². The summed E-state index contributed by atoms with van der Waals surface area (Å²) in [6, 6.07) is 10.8. The molecule has 1 fully saturated rings. The Bertz CT molecular complexity index is 1010. The summed E-state index contributed by atoms with van der Waals surface area (Å²) >= 11 is 0. The molecule has 27 heavy (non-hydrogen) atoms. The standard InChI is InChI=1S/C18H18N4O5/c23-17-20-14-3-1-2-4-15(14)22(17)12-5-6-16(19-9-12)27-11-13-10-21(18(24)25)7-8-26-13/h1-6,9,13H,7-8,10-11H2,(H,20,23)(H,24,25). The number of para-hydroxylation sites is 2. The number of pyridine rings is 1. The van der Waals surface area contributed by atoms with E-state index in [-0.39, 0.29) is 24.9 Å². The van der Waals surface area contributed by atoms with Crippen LogP contribution in [0.5, 0.6) is 5.88 Å². The monoisotopic (exact) mass is 370 g/mol. The maximum Gasteiger partial charge on any atom is 0.407 e. The fourth-order valence-corrected chi connectivity index (χ4v) is 3.07. The summed E-state index contributed by atoms with van der Waals surface area (Å²) in [5.74, 6) is 0.377. The zero-order chi connectivity index (χ0) is 18.8. The minimum Gasteiger partial charge on any atom is -0.475 e. The lowest BCUT2D eigenvalue weighted by atomic mass is 10.3. The van der Waals surface area contributed by atoms with Crippen molar-refractivity contribution in [3.63, 3.8) is 0 Å². The second kappa shape index (κ2) is 7.12. The van der Waals surface area contributed by atoms with Gasteiger partial charge in [0.15, 0.2) is 0 Å². The Morgan fingerprint density at radius 1 is 1.33 bits per heavy atom. The van der Waals surface area contributed by atoms with Gasteiger partial charge < -0.3 is 24.5 Å². The van der Waals surface area contributed by atoms with Crippen molar-refractivity contribution in [1.82, 2.24) is 19.4 Å². The van der Waals surface area contributed by atoms with Crippen LogP contribution in [-0.2, 0) is 4.74 Å². The Kier molecular flexibility index (Phi) is 4.51. The highest BCUT2D eigenvalue weighted by molar-refractivity contribution is 5.77. The number of morpholine rings is 1. The number of aromatic nitrogens is 3. The van der Waals surface area contributed by atoms with E-state index in [9.17, 15) is 9.59 Å². The van der Waals surface area contributed by atoms with Gasteiger partial charge in [0.25, 0.3) is 0 Å². The second-order valence-electron chi connectivity index (χ2n) is 6.17. The number of nitrogens with zero attached hydrogens (tertiary/aromatic N) is 3. The third-order valence-electron chi connectivity index (χ3n) is 4.39. The molecule has 1 unspecified atom stereocenters. The van der Waals surface area contributed by atoms with Gasteiger partial charge in [-0.2, -0.15) is 0 Å². The van der Waals surface area contributed by atoms with Crippen LogP contribution in [0.15, 0.2) is 47.4 Å². The van der Waals surface area contributed by atoms with Crippen molar-refractivity contribution < 1.29 is 19.4 Å². The molecule has 1 aliphatic heterocycles. The molecule has 2 N–H and O–H groups in total. The number of H-pyrrole nitrogens is 1. The van der Waals surface area contributed by atoms with Crippen LogP contribution in [0.2, 0.25) is 0 Å². The maximum atomic E-state index is 12.2. The molecule has 0 spiro atoms. The number of aromatic amines is 1. The van der Waals surface area contributed by atoms with Crippen molar-refractivity contribution in [3.05, 3.63) is 53.1 Å². The van der Waals surface area contributed by atoms with Gasteiger partial charge in [0.1, 0.15) is 12.7 Å². The molecule has 9 heteroatoms. The Hall–Kier alpha value is -3.33. The summed E-state index contributed by atoms with van der Waals surface area (Å²) in [6.45, 7) is 1.16. The number of nitrogens with one attached hydrogen (secondary N) is 1. The van der Waals surface area contributed by atoms with E-state index in [2.05, 4.69) is 9.97 Å². The number of benzene rings is 1. The van der Waals surface area contributed by atoms with Crippen LogP contribution in [0.25, 0.3) is 16.7 Å². The van der Waals surface area contributed by atoms with Gasteiger partial charge in [0.05, 0.1) is 36.1 Å². The molecular weight excluding hydrogens is 352 g/mol. The number of hydrogen-bond acceptors (Lipinski definition) is 5. The largest absolute Gasteiger partial charge is 0.475 e. The smallest absolute Gasteiger partial charge is 0.407 e. The van der Waals surface area contributed by atoms with Crippen LogP contribution in [0.3, 0.4) is 0 Å². The van der Waals surface area contributed by atoms with E-state index in [4.69, 9.17) is 14.6 Å². The molecule has 9 nitrogen and oxygen atoms in total. The van der Waals surface area contributed by atoms with Crippen LogP contribution >= 0.6 is 0 Å². The topological polar surface area (TPSA) is 110 Å². The number of rotatable bonds is 4. The summed E-state index contributed by atoms with van der Waals surface area (Å²) < 4.78 is 12.7. The van der Waals surface area contributed by atoms with E-state index >= 15 is 0 Å². The molecule has 1 aliphatic rings. The van der Waals surface area contributed by atoms with Crippen molar-refractivity contribution in [3.8, 4) is 11.6 Å². The van der Waals surface area contributed by atoms with Crippen LogP contribution in [0.1, 0.15) is 0 Å². The maximum absolute atomic E-state index is 12.2. The SMILES string of the molecule is O=C(O)N1CCOC(COc2ccc(-n3c(=O)[nH]c4ccccc43)cn2)C1. The Morgan fingerprint density at radius 2 is 2.19 bits per heavy atom. The van der Waals surface area contributed by atoms with Gasteiger partial charge in [-0.25, -0.2) is 14.6 Å². The van der Waals surface area contributed by atoms with Crippen LogP contribution < -0.4 is 10.4 Å². The lowest BCUT2D eigenvalue weighted by molar-refractivity contribution is -0.0418. The summed E-state index contributed by atoms with van der Waals surface area (Å²) in [6.07, 6.45) is 0.255. The fourth-order valence-electron chi connectivity index (χ4n) is 3.07. The lowest BCUT2D eigenvalue weighted by Crippen LogP contribution is -2.47. The van der Waals surface area contributed by atoms with Crippen molar-refractivity contribution in [1.29, 1.82) is 0 Å². The molecule has 0 aliphatic carbocycles. The van der Waals surface area contributed by atoms with Gasteiger partial charge in [0.2, 0.25) is 5.88 Å². The lowest BCUT2D eigenvalue weighted by Gasteiger charge is -2.30. The van der Waals surface area contributed by atoms with Crippen molar-refractivity contribution in [2.75, 3.05) is 26.3 Å². The third kappa shape index (κ3) is 3.49. The number of amides is 1. The first-order valence-corrected chi connectivity index (χ1v) is 8.50. The van der Waals surface area contributed by atoms with Crippen LogP contribution in [0, 0.1) is 0 Å². The summed E-state index contributed by atoms with van der Waals surface area (Å²) in [5, 5.41) is 9.05. The van der Waals surface area contributed by atoms with Gasteiger partial charge in [-0.15, -0.1) is 0 Å². The molecule has 1 amide bonds. The molecule has 1 aromatic carbocycles. The predicted molar refractivity (Wildman–Crippen MR) is 96.5 cm³/mol. The number of carbonyl (C=O) groups is 1. The zero-order valence-corrected chi connectivity index (χ0v) is 14.4. The Labute approximate surface area is 153 Å². The molecule has 3 aromatic rings. The summed E-state index contributed by atoms with van der Waals surface area (Å²) in [4.78, 5) is 31.6. The molecule has 4 rings (SSSR count). The zero-order valence-electron chi connectivity index (χ0n) is 14.4. The van der Waals surface area contributed by atoms with Gasteiger partial charge in [-0.1, -0.05) is 12.1 Å². The van der Waals surface area contributed by atoms with Crippen molar-refractivity contribution in [2.45, 2.75) is 6.10 Å². The van der Waals surface area contributed by atoms with Crippen LogP contribution in [0.4, 0.5) is 4.79 Å². The fraction of sp³-hybridized carbons (Fsp3) is 0.278. The molecule has 1 atom stereocenters. The van der Waals surface area contributed by atoms with Gasteiger partial charge in [0, 0.05) is 12.6 Å². The highest BCUT2D eigenvalue weighted by Crippen LogP contribution is 2.17.